The number of amides is 1. The van der Waals surface area contributed by atoms with Crippen molar-refractivity contribution in [1.82, 2.24) is 0 Å². The van der Waals surface area contributed by atoms with Gasteiger partial charge in [0.05, 0.1) is 0 Å². The fourth-order valence-corrected chi connectivity index (χ4v) is 1.40. The Hall–Kier alpha value is -1.12. The van der Waals surface area contributed by atoms with Crippen LogP contribution in [0.25, 0.3) is 0 Å². The molecule has 0 saturated carbocycles. The van der Waals surface area contributed by atoms with Crippen molar-refractivity contribution in [3.05, 3.63) is 11.1 Å². The molecule has 1 aliphatic carbocycles. The van der Waals surface area contributed by atoms with Crippen LogP contribution < -0.4 is 5.73 Å². The van der Waals surface area contributed by atoms with Crippen LogP contribution in [0.2, 0.25) is 0 Å². The molecular formula is C8H11NO2. The number of Topliss-reactive ketones (excluding diaryl/α,β-unsaturated/α-hetero) is 1. The Balaban J connectivity index is 2.95. The lowest BCUT2D eigenvalue weighted by Crippen LogP contribution is -2.15. The maximum Gasteiger partial charge on any atom is 0.245 e. The zero-order valence-corrected chi connectivity index (χ0v) is 6.52. The van der Waals surface area contributed by atoms with Crippen molar-refractivity contribution in [2.75, 3.05) is 0 Å². The van der Waals surface area contributed by atoms with Gasteiger partial charge in [-0.25, -0.2) is 0 Å². The zero-order chi connectivity index (χ0) is 8.43. The molecule has 0 radical (unpaired) electrons. The summed E-state index contributed by atoms with van der Waals surface area (Å²) in [4.78, 5) is 21.6. The number of allylic oxidation sites excluding steroid dienone is 1. The standard InChI is InChI=1S/C8H11NO2/c1-5(10)6-3-2-4-7(6)8(9)11/h2-4H2,1H3,(H2,9,11). The summed E-state index contributed by atoms with van der Waals surface area (Å²) >= 11 is 0. The molecule has 0 spiro atoms. The Morgan fingerprint density at radius 2 is 1.82 bits per heavy atom. The van der Waals surface area contributed by atoms with E-state index in [-0.39, 0.29) is 5.78 Å². The fourth-order valence-electron chi connectivity index (χ4n) is 1.40. The number of carbonyl (C=O) groups excluding carboxylic acids is 2. The van der Waals surface area contributed by atoms with Crippen LogP contribution in [0.4, 0.5) is 0 Å². The first-order valence-corrected chi connectivity index (χ1v) is 3.65. The predicted octanol–water partition coefficient (Wildman–Crippen LogP) is 0.541. The lowest BCUT2D eigenvalue weighted by molar-refractivity contribution is -0.116. The molecule has 0 saturated heterocycles. The van der Waals surface area contributed by atoms with Gasteiger partial charge in [-0.1, -0.05) is 0 Å². The Morgan fingerprint density at radius 3 is 2.18 bits per heavy atom. The molecule has 3 nitrogen and oxygen atoms in total. The van der Waals surface area contributed by atoms with Crippen LogP contribution >= 0.6 is 0 Å². The monoisotopic (exact) mass is 153 g/mol. The Labute approximate surface area is 65.3 Å². The Bertz CT molecular complexity index is 216. The molecule has 1 amide bonds. The number of nitrogens with two attached hydrogens (primary N) is 1. The Morgan fingerprint density at radius 1 is 1.27 bits per heavy atom. The normalized spacial score (nSPS) is 17.2. The summed E-state index contributed by atoms with van der Waals surface area (Å²) in [6, 6.07) is 0. The molecule has 0 fully saturated rings. The third-order valence-corrected chi connectivity index (χ3v) is 1.94. The van der Waals surface area contributed by atoms with Gasteiger partial charge >= 0.3 is 0 Å². The number of primary amides is 1. The molecule has 3 heteroatoms. The summed E-state index contributed by atoms with van der Waals surface area (Å²) in [7, 11) is 0. The van der Waals surface area contributed by atoms with Crippen molar-refractivity contribution < 1.29 is 9.59 Å². The van der Waals surface area contributed by atoms with Crippen LogP contribution in [0.3, 0.4) is 0 Å². The third-order valence-electron chi connectivity index (χ3n) is 1.94. The van der Waals surface area contributed by atoms with Crippen molar-refractivity contribution in [3.8, 4) is 0 Å². The summed E-state index contributed by atoms with van der Waals surface area (Å²) in [6.07, 6.45) is 2.27. The topological polar surface area (TPSA) is 60.2 Å². The smallest absolute Gasteiger partial charge is 0.245 e. The van der Waals surface area contributed by atoms with Crippen LogP contribution in [-0.4, -0.2) is 11.7 Å². The molecule has 1 rings (SSSR count). The van der Waals surface area contributed by atoms with E-state index in [9.17, 15) is 9.59 Å². The van der Waals surface area contributed by atoms with Gasteiger partial charge in [0.1, 0.15) is 0 Å². The maximum atomic E-state index is 10.9. The Kier molecular flexibility index (Phi) is 2.08. The van der Waals surface area contributed by atoms with Gasteiger partial charge in [-0.2, -0.15) is 0 Å². The van der Waals surface area contributed by atoms with Gasteiger partial charge < -0.3 is 5.73 Å². The van der Waals surface area contributed by atoms with Crippen LogP contribution in [-0.2, 0) is 9.59 Å². The lowest BCUT2D eigenvalue weighted by atomic mass is 10.1. The fraction of sp³-hybridized carbons (Fsp3) is 0.500. The van der Waals surface area contributed by atoms with E-state index >= 15 is 0 Å². The molecule has 0 unspecified atom stereocenters. The van der Waals surface area contributed by atoms with E-state index in [1.807, 2.05) is 0 Å². The van der Waals surface area contributed by atoms with Crippen molar-refractivity contribution in [2.45, 2.75) is 26.2 Å². The second kappa shape index (κ2) is 2.86. The molecule has 0 atom stereocenters. The average molecular weight is 153 g/mol. The number of hydrogen-bond donors (Lipinski definition) is 1. The number of hydrogen-bond acceptors (Lipinski definition) is 2. The molecule has 0 aromatic carbocycles. The molecule has 0 aromatic rings. The van der Waals surface area contributed by atoms with Crippen LogP contribution in [0.5, 0.6) is 0 Å². The summed E-state index contributed by atoms with van der Waals surface area (Å²) < 4.78 is 0. The van der Waals surface area contributed by atoms with Crippen molar-refractivity contribution >= 4 is 11.7 Å². The lowest BCUT2D eigenvalue weighted by Gasteiger charge is -1.97. The van der Waals surface area contributed by atoms with E-state index in [1.165, 1.54) is 6.92 Å². The minimum atomic E-state index is -0.437. The molecule has 0 aromatic heterocycles. The molecule has 60 valence electrons. The second-order valence-electron chi connectivity index (χ2n) is 2.73. The second-order valence-corrected chi connectivity index (χ2v) is 2.73. The van der Waals surface area contributed by atoms with Crippen molar-refractivity contribution in [1.29, 1.82) is 0 Å². The summed E-state index contributed by atoms with van der Waals surface area (Å²) in [5.74, 6) is -0.455. The molecular weight excluding hydrogens is 142 g/mol. The number of carbonyl (C=O) groups is 2. The van der Waals surface area contributed by atoms with Crippen LogP contribution in [0, 0.1) is 0 Å². The molecule has 0 bridgehead atoms. The summed E-state index contributed by atoms with van der Waals surface area (Å²) in [5, 5.41) is 0. The van der Waals surface area contributed by atoms with Gasteiger partial charge in [0.15, 0.2) is 5.78 Å². The third kappa shape index (κ3) is 1.48. The van der Waals surface area contributed by atoms with E-state index in [0.717, 1.165) is 6.42 Å². The first-order chi connectivity index (χ1) is 5.13. The predicted molar refractivity (Wildman–Crippen MR) is 40.8 cm³/mol. The van der Waals surface area contributed by atoms with E-state index in [4.69, 9.17) is 5.73 Å². The molecule has 1 aliphatic rings. The quantitative estimate of drug-likeness (QED) is 0.629. The van der Waals surface area contributed by atoms with Crippen LogP contribution in [0.15, 0.2) is 11.1 Å². The number of rotatable bonds is 2. The molecule has 0 heterocycles. The van der Waals surface area contributed by atoms with E-state index in [1.54, 1.807) is 0 Å². The molecule has 2 N–H and O–H groups in total. The van der Waals surface area contributed by atoms with E-state index in [0.29, 0.717) is 24.0 Å². The van der Waals surface area contributed by atoms with Gasteiger partial charge in [-0.3, -0.25) is 9.59 Å². The van der Waals surface area contributed by atoms with E-state index in [2.05, 4.69) is 0 Å². The number of ketones is 1. The largest absolute Gasteiger partial charge is 0.366 e. The van der Waals surface area contributed by atoms with Crippen molar-refractivity contribution in [2.24, 2.45) is 5.73 Å². The van der Waals surface area contributed by atoms with Crippen molar-refractivity contribution in [3.63, 3.8) is 0 Å². The minimum absolute atomic E-state index is 0.0173. The minimum Gasteiger partial charge on any atom is -0.366 e. The average Bonchev–Trinajstić information content (AvgIpc) is 2.32. The first kappa shape index (κ1) is 7.98. The van der Waals surface area contributed by atoms with Crippen LogP contribution in [0.1, 0.15) is 26.2 Å². The van der Waals surface area contributed by atoms with E-state index < -0.39 is 5.91 Å². The highest BCUT2D eigenvalue weighted by Crippen LogP contribution is 2.25. The summed E-state index contributed by atoms with van der Waals surface area (Å²) in [5.41, 5.74) is 6.25. The molecule has 11 heavy (non-hydrogen) atoms. The molecule has 0 aliphatic heterocycles. The maximum absolute atomic E-state index is 10.9. The zero-order valence-electron chi connectivity index (χ0n) is 6.52. The highest BCUT2D eigenvalue weighted by Gasteiger charge is 2.20. The highest BCUT2D eigenvalue weighted by atomic mass is 16.1. The van der Waals surface area contributed by atoms with Gasteiger partial charge in [0.2, 0.25) is 5.91 Å². The SMILES string of the molecule is CC(=O)C1=C(C(N)=O)CCC1. The highest BCUT2D eigenvalue weighted by molar-refractivity contribution is 6.04. The van der Waals surface area contributed by atoms with Gasteiger partial charge in [-0.15, -0.1) is 0 Å². The van der Waals surface area contributed by atoms with Gasteiger partial charge in [0, 0.05) is 11.1 Å². The van der Waals surface area contributed by atoms with Gasteiger partial charge in [0.25, 0.3) is 0 Å². The first-order valence-electron chi connectivity index (χ1n) is 3.65. The summed E-state index contributed by atoms with van der Waals surface area (Å²) in [6.45, 7) is 1.48. The van der Waals surface area contributed by atoms with Gasteiger partial charge in [-0.05, 0) is 26.2 Å².